The lowest BCUT2D eigenvalue weighted by atomic mass is 9.94. The lowest BCUT2D eigenvalue weighted by Crippen LogP contribution is -2.42. The molecular formula is C20H29N3O4. The molecule has 27 heavy (non-hydrogen) atoms. The molecule has 1 aromatic rings. The minimum atomic E-state index is -0.507. The molecule has 0 radical (unpaired) electrons. The summed E-state index contributed by atoms with van der Waals surface area (Å²) in [6, 6.07) is 5.58. The molecule has 1 atom stereocenters. The van der Waals surface area contributed by atoms with Crippen molar-refractivity contribution in [3.63, 3.8) is 0 Å². The summed E-state index contributed by atoms with van der Waals surface area (Å²) in [5, 5.41) is 0. The molecule has 3 heterocycles. The van der Waals surface area contributed by atoms with Gasteiger partial charge in [0.05, 0.1) is 13.2 Å². The highest BCUT2D eigenvalue weighted by atomic mass is 16.6. The maximum absolute atomic E-state index is 12.7. The van der Waals surface area contributed by atoms with Crippen molar-refractivity contribution in [1.29, 1.82) is 0 Å². The number of ether oxygens (including phenoxy) is 2. The van der Waals surface area contributed by atoms with Gasteiger partial charge in [-0.25, -0.2) is 9.78 Å². The van der Waals surface area contributed by atoms with Crippen LogP contribution in [0.2, 0.25) is 0 Å². The zero-order chi connectivity index (χ0) is 19.4. The third kappa shape index (κ3) is 5.19. The third-order valence-electron chi connectivity index (χ3n) is 4.78. The molecule has 0 N–H and O–H groups in total. The van der Waals surface area contributed by atoms with Crippen molar-refractivity contribution in [2.24, 2.45) is 0 Å². The Balaban J connectivity index is 1.68. The number of likely N-dealkylation sites (tertiary alicyclic amines) is 1. The van der Waals surface area contributed by atoms with E-state index in [1.807, 2.05) is 32.9 Å². The van der Waals surface area contributed by atoms with Crippen molar-refractivity contribution < 1.29 is 19.1 Å². The van der Waals surface area contributed by atoms with Crippen LogP contribution in [0.25, 0.3) is 0 Å². The number of hydrogen-bond donors (Lipinski definition) is 0. The van der Waals surface area contributed by atoms with E-state index in [1.54, 1.807) is 15.9 Å². The van der Waals surface area contributed by atoms with Crippen molar-refractivity contribution in [2.75, 3.05) is 39.4 Å². The Morgan fingerprint density at radius 1 is 1.15 bits per heavy atom. The Kier molecular flexibility index (Phi) is 5.99. The lowest BCUT2D eigenvalue weighted by Gasteiger charge is -2.34. The van der Waals surface area contributed by atoms with Gasteiger partial charge < -0.3 is 19.3 Å². The van der Waals surface area contributed by atoms with E-state index in [9.17, 15) is 9.59 Å². The fourth-order valence-electron chi connectivity index (χ4n) is 3.44. The summed E-state index contributed by atoms with van der Waals surface area (Å²) in [5.41, 5.74) is 0.818. The molecule has 0 aliphatic carbocycles. The van der Waals surface area contributed by atoms with Gasteiger partial charge in [0.2, 0.25) is 0 Å². The molecule has 0 aromatic carbocycles. The summed E-state index contributed by atoms with van der Waals surface area (Å²) in [6.07, 6.45) is 1.56. The third-order valence-corrected chi connectivity index (χ3v) is 4.78. The first kappa shape index (κ1) is 19.6. The highest BCUT2D eigenvalue weighted by molar-refractivity contribution is 5.92. The van der Waals surface area contributed by atoms with Crippen LogP contribution in [0.3, 0.4) is 0 Å². The van der Waals surface area contributed by atoms with Gasteiger partial charge in [0, 0.05) is 37.8 Å². The van der Waals surface area contributed by atoms with Crippen LogP contribution >= 0.6 is 0 Å². The van der Waals surface area contributed by atoms with Crippen LogP contribution in [0.4, 0.5) is 4.79 Å². The molecule has 0 bridgehead atoms. The first-order chi connectivity index (χ1) is 12.8. The van der Waals surface area contributed by atoms with Gasteiger partial charge in [-0.05, 0) is 45.7 Å². The number of rotatable bonds is 2. The maximum atomic E-state index is 12.7. The van der Waals surface area contributed by atoms with Gasteiger partial charge in [-0.2, -0.15) is 0 Å². The van der Waals surface area contributed by atoms with E-state index in [0.29, 0.717) is 45.1 Å². The first-order valence-corrected chi connectivity index (χ1v) is 9.65. The SMILES string of the molecule is CC(C)(C)OC(=O)N1CCC[C@@H](c2cccc(C(=O)N3CCOCC3)n2)C1. The standard InChI is InChI=1S/C20H29N3O4/c1-20(2,3)27-19(25)23-9-5-6-15(14-23)16-7-4-8-17(21-16)18(24)22-10-12-26-13-11-22/h4,7-8,15H,5-6,9-14H2,1-3H3/t15-/m1/s1. The van der Waals surface area contributed by atoms with Gasteiger partial charge in [-0.3, -0.25) is 4.79 Å². The molecule has 2 saturated heterocycles. The molecule has 0 unspecified atom stereocenters. The van der Waals surface area contributed by atoms with E-state index in [4.69, 9.17) is 9.47 Å². The summed E-state index contributed by atoms with van der Waals surface area (Å²) in [5.74, 6) is 0.0589. The van der Waals surface area contributed by atoms with Crippen LogP contribution in [0.5, 0.6) is 0 Å². The normalized spacial score (nSPS) is 21.1. The van der Waals surface area contributed by atoms with E-state index >= 15 is 0 Å². The van der Waals surface area contributed by atoms with Crippen LogP contribution < -0.4 is 0 Å². The van der Waals surface area contributed by atoms with Crippen LogP contribution in [-0.4, -0.2) is 71.8 Å². The van der Waals surface area contributed by atoms with Gasteiger partial charge in [0.25, 0.3) is 5.91 Å². The number of aromatic nitrogens is 1. The number of nitrogens with zero attached hydrogens (tertiary/aromatic N) is 3. The molecule has 1 aromatic heterocycles. The molecule has 3 rings (SSSR count). The lowest BCUT2D eigenvalue weighted by molar-refractivity contribution is 0.0196. The molecule has 2 amide bonds. The Morgan fingerprint density at radius 2 is 1.89 bits per heavy atom. The zero-order valence-corrected chi connectivity index (χ0v) is 16.4. The van der Waals surface area contributed by atoms with Crippen molar-refractivity contribution in [3.05, 3.63) is 29.6 Å². The molecule has 2 aliphatic heterocycles. The van der Waals surface area contributed by atoms with E-state index in [2.05, 4.69) is 4.98 Å². The predicted molar refractivity (Wildman–Crippen MR) is 101 cm³/mol. The second-order valence-corrected chi connectivity index (χ2v) is 8.12. The monoisotopic (exact) mass is 375 g/mol. The number of amides is 2. The quantitative estimate of drug-likeness (QED) is 0.795. The van der Waals surface area contributed by atoms with E-state index in [-0.39, 0.29) is 17.9 Å². The second-order valence-electron chi connectivity index (χ2n) is 8.12. The summed E-state index contributed by atoms with van der Waals surface area (Å²) in [7, 11) is 0. The van der Waals surface area contributed by atoms with Crippen LogP contribution in [-0.2, 0) is 9.47 Å². The Labute approximate surface area is 160 Å². The van der Waals surface area contributed by atoms with Gasteiger partial charge in [0.1, 0.15) is 11.3 Å². The van der Waals surface area contributed by atoms with Crippen molar-refractivity contribution in [2.45, 2.75) is 45.1 Å². The highest BCUT2D eigenvalue weighted by Gasteiger charge is 2.29. The molecule has 148 valence electrons. The average molecular weight is 375 g/mol. The van der Waals surface area contributed by atoms with Crippen molar-refractivity contribution in [3.8, 4) is 0 Å². The fraction of sp³-hybridized carbons (Fsp3) is 0.650. The first-order valence-electron chi connectivity index (χ1n) is 9.65. The minimum absolute atomic E-state index is 0.0556. The number of carbonyl (C=O) groups is 2. The van der Waals surface area contributed by atoms with Gasteiger partial charge in [0.15, 0.2) is 0 Å². The number of hydrogen-bond acceptors (Lipinski definition) is 5. The Bertz CT molecular complexity index is 680. The number of carbonyl (C=O) groups excluding carboxylic acids is 2. The second kappa shape index (κ2) is 8.25. The number of pyridine rings is 1. The van der Waals surface area contributed by atoms with Crippen LogP contribution in [0.15, 0.2) is 18.2 Å². The molecule has 2 aliphatic rings. The Morgan fingerprint density at radius 3 is 2.59 bits per heavy atom. The zero-order valence-electron chi connectivity index (χ0n) is 16.4. The smallest absolute Gasteiger partial charge is 0.410 e. The number of morpholine rings is 1. The predicted octanol–water partition coefficient (Wildman–Crippen LogP) is 2.67. The van der Waals surface area contributed by atoms with Gasteiger partial charge >= 0.3 is 6.09 Å². The molecule has 2 fully saturated rings. The highest BCUT2D eigenvalue weighted by Crippen LogP contribution is 2.27. The van der Waals surface area contributed by atoms with Crippen LogP contribution in [0, 0.1) is 0 Å². The maximum Gasteiger partial charge on any atom is 0.410 e. The van der Waals surface area contributed by atoms with Crippen molar-refractivity contribution >= 4 is 12.0 Å². The average Bonchev–Trinajstić information content (AvgIpc) is 2.67. The molecule has 0 saturated carbocycles. The summed E-state index contributed by atoms with van der Waals surface area (Å²) in [6.45, 7) is 9.20. The molecular weight excluding hydrogens is 346 g/mol. The fourth-order valence-corrected chi connectivity index (χ4v) is 3.44. The summed E-state index contributed by atoms with van der Waals surface area (Å²) >= 11 is 0. The molecule has 0 spiro atoms. The summed E-state index contributed by atoms with van der Waals surface area (Å²) < 4.78 is 10.8. The Hall–Kier alpha value is -2.15. The number of piperidine rings is 1. The minimum Gasteiger partial charge on any atom is -0.444 e. The largest absolute Gasteiger partial charge is 0.444 e. The van der Waals surface area contributed by atoms with E-state index < -0.39 is 5.60 Å². The van der Waals surface area contributed by atoms with Crippen LogP contribution in [0.1, 0.15) is 55.7 Å². The molecule has 7 heteroatoms. The topological polar surface area (TPSA) is 72.0 Å². The van der Waals surface area contributed by atoms with E-state index in [0.717, 1.165) is 18.5 Å². The summed E-state index contributed by atoms with van der Waals surface area (Å²) in [4.78, 5) is 33.2. The molecule has 7 nitrogen and oxygen atoms in total. The van der Waals surface area contributed by atoms with Crippen molar-refractivity contribution in [1.82, 2.24) is 14.8 Å². The van der Waals surface area contributed by atoms with E-state index in [1.165, 1.54) is 0 Å². The van der Waals surface area contributed by atoms with Gasteiger partial charge in [-0.15, -0.1) is 0 Å². The van der Waals surface area contributed by atoms with Gasteiger partial charge in [-0.1, -0.05) is 6.07 Å².